The van der Waals surface area contributed by atoms with E-state index in [0.29, 0.717) is 24.3 Å². The highest BCUT2D eigenvalue weighted by Crippen LogP contribution is 2.47. The van der Waals surface area contributed by atoms with E-state index in [1.807, 2.05) is 24.0 Å². The second-order valence-corrected chi connectivity index (χ2v) is 7.85. The molecule has 1 aromatic heterocycles. The quantitative estimate of drug-likeness (QED) is 0.614. The Hall–Kier alpha value is -2.69. The standard InChI is InChI=1S/C23H25FN2O2/c1-15-19(5-4-6-20(15)24)23(22(27)28-3)11-9-16(10-12-23)17-7-8-18-14-25-26(2)21(18)13-17/h4-8,13-14,16H,9-12H2,1-3H3/t16-,23+. The van der Waals surface area contributed by atoms with Gasteiger partial charge in [-0.25, -0.2) is 4.39 Å². The van der Waals surface area contributed by atoms with Crippen LogP contribution in [0.1, 0.15) is 48.3 Å². The van der Waals surface area contributed by atoms with Crippen molar-refractivity contribution in [3.63, 3.8) is 0 Å². The lowest BCUT2D eigenvalue weighted by Crippen LogP contribution is -2.41. The highest BCUT2D eigenvalue weighted by atomic mass is 19.1. The summed E-state index contributed by atoms with van der Waals surface area (Å²) >= 11 is 0. The van der Waals surface area contributed by atoms with E-state index in [1.165, 1.54) is 18.7 Å². The van der Waals surface area contributed by atoms with Gasteiger partial charge < -0.3 is 4.74 Å². The van der Waals surface area contributed by atoms with Crippen LogP contribution < -0.4 is 0 Å². The number of carbonyl (C=O) groups is 1. The minimum absolute atomic E-state index is 0.262. The number of benzene rings is 2. The predicted octanol–water partition coefficient (Wildman–Crippen LogP) is 4.79. The van der Waals surface area contributed by atoms with Crippen LogP contribution in [0.3, 0.4) is 0 Å². The van der Waals surface area contributed by atoms with Crippen LogP contribution in [0.5, 0.6) is 0 Å². The second-order valence-electron chi connectivity index (χ2n) is 7.85. The molecule has 1 saturated carbocycles. The molecule has 0 spiro atoms. The number of methoxy groups -OCH3 is 1. The van der Waals surface area contributed by atoms with Crippen LogP contribution in [-0.4, -0.2) is 22.9 Å². The Labute approximate surface area is 164 Å². The molecule has 146 valence electrons. The number of hydrogen-bond donors (Lipinski definition) is 0. The van der Waals surface area contributed by atoms with E-state index in [0.717, 1.165) is 29.3 Å². The van der Waals surface area contributed by atoms with Crippen molar-refractivity contribution < 1.29 is 13.9 Å². The fourth-order valence-electron chi connectivity index (χ4n) is 4.76. The summed E-state index contributed by atoms with van der Waals surface area (Å²) in [5.74, 6) is -0.169. The molecule has 1 aliphatic carbocycles. The molecule has 3 aromatic rings. The number of aryl methyl sites for hydroxylation is 1. The summed E-state index contributed by atoms with van der Waals surface area (Å²) in [4.78, 5) is 12.8. The maximum atomic E-state index is 14.2. The molecule has 0 saturated heterocycles. The van der Waals surface area contributed by atoms with Crippen molar-refractivity contribution in [2.45, 2.75) is 43.9 Å². The summed E-state index contributed by atoms with van der Waals surface area (Å²) in [5, 5.41) is 5.44. The van der Waals surface area contributed by atoms with E-state index >= 15 is 0 Å². The number of aromatic nitrogens is 2. The lowest BCUT2D eigenvalue weighted by Gasteiger charge is -2.39. The Morgan fingerprint density at radius 2 is 2.00 bits per heavy atom. The van der Waals surface area contributed by atoms with Crippen LogP contribution in [0.15, 0.2) is 42.6 Å². The molecule has 1 heterocycles. The first kappa shape index (κ1) is 18.7. The highest BCUT2D eigenvalue weighted by molar-refractivity contribution is 5.84. The number of hydrogen-bond acceptors (Lipinski definition) is 3. The minimum Gasteiger partial charge on any atom is -0.468 e. The molecule has 28 heavy (non-hydrogen) atoms. The smallest absolute Gasteiger partial charge is 0.316 e. The Bertz CT molecular complexity index is 1030. The van der Waals surface area contributed by atoms with Crippen LogP contribution in [0.25, 0.3) is 10.9 Å². The van der Waals surface area contributed by atoms with Gasteiger partial charge in [-0.2, -0.15) is 5.10 Å². The Kier molecular flexibility index (Phi) is 4.69. The molecule has 0 aliphatic heterocycles. The number of halogens is 1. The van der Waals surface area contributed by atoms with Crippen molar-refractivity contribution >= 4 is 16.9 Å². The van der Waals surface area contributed by atoms with Gasteiger partial charge in [0.1, 0.15) is 5.82 Å². The number of carbonyl (C=O) groups excluding carboxylic acids is 1. The molecule has 1 aliphatic rings. The monoisotopic (exact) mass is 380 g/mol. The summed E-state index contributed by atoms with van der Waals surface area (Å²) in [6, 6.07) is 11.5. The van der Waals surface area contributed by atoms with Crippen molar-refractivity contribution in [1.82, 2.24) is 9.78 Å². The summed E-state index contributed by atoms with van der Waals surface area (Å²) < 4.78 is 21.3. The van der Waals surface area contributed by atoms with Gasteiger partial charge in [-0.15, -0.1) is 0 Å². The van der Waals surface area contributed by atoms with E-state index in [2.05, 4.69) is 23.3 Å². The maximum Gasteiger partial charge on any atom is 0.316 e. The first-order valence-electron chi connectivity index (χ1n) is 9.72. The van der Waals surface area contributed by atoms with Gasteiger partial charge in [-0.3, -0.25) is 9.48 Å². The van der Waals surface area contributed by atoms with E-state index < -0.39 is 5.41 Å². The zero-order valence-corrected chi connectivity index (χ0v) is 16.5. The molecule has 0 atom stereocenters. The number of fused-ring (bicyclic) bond motifs is 1. The van der Waals surface area contributed by atoms with E-state index in [9.17, 15) is 9.18 Å². The van der Waals surface area contributed by atoms with Crippen molar-refractivity contribution in [2.24, 2.45) is 7.05 Å². The summed E-state index contributed by atoms with van der Waals surface area (Å²) in [5.41, 5.74) is 2.92. The van der Waals surface area contributed by atoms with Gasteiger partial charge in [0.15, 0.2) is 0 Å². The molecule has 0 bridgehead atoms. The van der Waals surface area contributed by atoms with Crippen LogP contribution in [-0.2, 0) is 22.0 Å². The molecular formula is C23H25FN2O2. The van der Waals surface area contributed by atoms with E-state index in [4.69, 9.17) is 4.74 Å². The van der Waals surface area contributed by atoms with E-state index in [-0.39, 0.29) is 11.8 Å². The molecule has 1 fully saturated rings. The van der Waals surface area contributed by atoms with Crippen molar-refractivity contribution in [1.29, 1.82) is 0 Å². The molecular weight excluding hydrogens is 355 g/mol. The predicted molar refractivity (Wildman–Crippen MR) is 107 cm³/mol. The average Bonchev–Trinajstić information content (AvgIpc) is 3.10. The van der Waals surface area contributed by atoms with Crippen LogP contribution >= 0.6 is 0 Å². The number of esters is 1. The van der Waals surface area contributed by atoms with Gasteiger partial charge in [-0.05, 0) is 67.3 Å². The zero-order valence-electron chi connectivity index (χ0n) is 16.5. The SMILES string of the molecule is COC(=O)[C@]1(c2cccc(F)c2C)CC[C@H](c2ccc3cnn(C)c3c2)CC1. The zero-order chi connectivity index (χ0) is 19.9. The Balaban J connectivity index is 1.66. The summed E-state index contributed by atoms with van der Waals surface area (Å²) in [6.07, 6.45) is 4.88. The fraction of sp³-hybridized carbons (Fsp3) is 0.391. The lowest BCUT2D eigenvalue weighted by molar-refractivity contribution is -0.149. The summed E-state index contributed by atoms with van der Waals surface area (Å²) in [7, 11) is 3.36. The van der Waals surface area contributed by atoms with Crippen molar-refractivity contribution in [3.8, 4) is 0 Å². The number of ether oxygens (including phenoxy) is 1. The van der Waals surface area contributed by atoms with Gasteiger partial charge in [-0.1, -0.05) is 24.3 Å². The topological polar surface area (TPSA) is 44.1 Å². The van der Waals surface area contributed by atoms with Crippen molar-refractivity contribution in [3.05, 3.63) is 65.1 Å². The van der Waals surface area contributed by atoms with Crippen LogP contribution in [0.2, 0.25) is 0 Å². The molecule has 4 rings (SSSR count). The highest BCUT2D eigenvalue weighted by Gasteiger charge is 2.45. The van der Waals surface area contributed by atoms with Crippen LogP contribution in [0.4, 0.5) is 4.39 Å². The molecule has 2 aromatic carbocycles. The van der Waals surface area contributed by atoms with Gasteiger partial charge >= 0.3 is 5.97 Å². The van der Waals surface area contributed by atoms with Gasteiger partial charge in [0.05, 0.1) is 24.2 Å². The molecule has 0 radical (unpaired) electrons. The first-order valence-corrected chi connectivity index (χ1v) is 9.72. The third-order valence-electron chi connectivity index (χ3n) is 6.44. The molecule has 0 N–H and O–H groups in total. The third kappa shape index (κ3) is 2.89. The lowest BCUT2D eigenvalue weighted by atomic mass is 9.64. The molecule has 0 unspecified atom stereocenters. The molecule has 5 heteroatoms. The second kappa shape index (κ2) is 7.04. The Morgan fingerprint density at radius 3 is 2.71 bits per heavy atom. The van der Waals surface area contributed by atoms with Crippen molar-refractivity contribution in [2.75, 3.05) is 7.11 Å². The number of rotatable bonds is 3. The Morgan fingerprint density at radius 1 is 1.25 bits per heavy atom. The molecule has 4 nitrogen and oxygen atoms in total. The fourth-order valence-corrected chi connectivity index (χ4v) is 4.76. The van der Waals surface area contributed by atoms with Gasteiger partial charge in [0.2, 0.25) is 0 Å². The van der Waals surface area contributed by atoms with Gasteiger partial charge in [0.25, 0.3) is 0 Å². The average molecular weight is 380 g/mol. The van der Waals surface area contributed by atoms with E-state index in [1.54, 1.807) is 13.0 Å². The molecule has 0 amide bonds. The number of nitrogens with zero attached hydrogens (tertiary/aromatic N) is 2. The normalized spacial score (nSPS) is 22.4. The first-order chi connectivity index (χ1) is 13.5. The summed E-state index contributed by atoms with van der Waals surface area (Å²) in [6.45, 7) is 1.75. The third-order valence-corrected chi connectivity index (χ3v) is 6.44. The largest absolute Gasteiger partial charge is 0.468 e. The minimum atomic E-state index is -0.770. The van der Waals surface area contributed by atoms with Crippen LogP contribution in [0, 0.1) is 12.7 Å². The maximum absolute atomic E-state index is 14.2. The van der Waals surface area contributed by atoms with Gasteiger partial charge in [0, 0.05) is 12.4 Å².